The number of rotatable bonds is 5. The molecule has 2 aromatic carbocycles. The van der Waals surface area contributed by atoms with Gasteiger partial charge in [-0.05, 0) is 36.4 Å². The molecule has 0 aliphatic carbocycles. The molecule has 1 saturated heterocycles. The van der Waals surface area contributed by atoms with Crippen LogP contribution in [-0.2, 0) is 16.6 Å². The first-order chi connectivity index (χ1) is 12.0. The lowest BCUT2D eigenvalue weighted by Gasteiger charge is -2.31. The Morgan fingerprint density at radius 3 is 2.40 bits per heavy atom. The third-order valence-electron chi connectivity index (χ3n) is 4.47. The van der Waals surface area contributed by atoms with Crippen LogP contribution in [0.25, 0.3) is 0 Å². The van der Waals surface area contributed by atoms with Crippen molar-refractivity contribution in [2.75, 3.05) is 33.3 Å². The summed E-state index contributed by atoms with van der Waals surface area (Å²) in [5, 5.41) is 0. The van der Waals surface area contributed by atoms with E-state index >= 15 is 0 Å². The highest BCUT2D eigenvalue weighted by atomic mass is 32.2. The van der Waals surface area contributed by atoms with E-state index in [0.29, 0.717) is 38.5 Å². The molecule has 0 spiro atoms. The van der Waals surface area contributed by atoms with E-state index in [-0.39, 0.29) is 10.7 Å². The maximum absolute atomic E-state index is 13.3. The van der Waals surface area contributed by atoms with Crippen LogP contribution in [0.3, 0.4) is 0 Å². The Balaban J connectivity index is 1.62. The molecule has 0 amide bonds. The molecule has 2 aromatic rings. The van der Waals surface area contributed by atoms with Crippen LogP contribution in [0.15, 0.2) is 53.4 Å². The monoisotopic (exact) mass is 365 g/mol. The quantitative estimate of drug-likeness (QED) is 0.858. The van der Waals surface area contributed by atoms with Crippen LogP contribution in [0.4, 0.5) is 4.39 Å². The third kappa shape index (κ3) is 4.18. The molecule has 0 atom stereocenters. The van der Waals surface area contributed by atoms with Gasteiger partial charge in [0.15, 0.2) is 0 Å². The Kier molecular flexibility index (Phi) is 5.36. The molecule has 1 heterocycles. The summed E-state index contributed by atoms with van der Waals surface area (Å²) >= 11 is 0. The zero-order valence-corrected chi connectivity index (χ0v) is 14.9. The molecule has 1 aliphatic heterocycles. The molecule has 25 heavy (non-hydrogen) atoms. The Morgan fingerprint density at radius 1 is 1.12 bits per heavy atom. The van der Waals surface area contributed by atoms with Gasteiger partial charge in [0.25, 0.3) is 0 Å². The van der Waals surface area contributed by atoms with Gasteiger partial charge in [0, 0.05) is 5.56 Å². The fourth-order valence-corrected chi connectivity index (χ4v) is 4.49. The summed E-state index contributed by atoms with van der Waals surface area (Å²) in [5.41, 5.74) is 0.932. The number of quaternary nitrogens is 1. The summed E-state index contributed by atoms with van der Waals surface area (Å²) in [5.74, 6) is 0.390. The predicted molar refractivity (Wildman–Crippen MR) is 92.6 cm³/mol. The van der Waals surface area contributed by atoms with Crippen LogP contribution in [0.5, 0.6) is 5.75 Å². The molecule has 3 rings (SSSR count). The first-order valence-electron chi connectivity index (χ1n) is 8.21. The van der Waals surface area contributed by atoms with E-state index in [1.54, 1.807) is 37.4 Å². The molecule has 0 saturated carbocycles. The second kappa shape index (κ2) is 7.51. The molecule has 1 aliphatic rings. The molecule has 0 unspecified atom stereocenters. The van der Waals surface area contributed by atoms with Gasteiger partial charge >= 0.3 is 0 Å². The maximum Gasteiger partial charge on any atom is 0.243 e. The van der Waals surface area contributed by atoms with E-state index in [1.165, 1.54) is 21.3 Å². The van der Waals surface area contributed by atoms with Gasteiger partial charge in [0.05, 0.1) is 38.2 Å². The smallest absolute Gasteiger partial charge is 0.243 e. The van der Waals surface area contributed by atoms with Crippen molar-refractivity contribution >= 4 is 10.0 Å². The van der Waals surface area contributed by atoms with E-state index in [2.05, 4.69) is 0 Å². The fraction of sp³-hybridized carbons (Fsp3) is 0.333. The Morgan fingerprint density at radius 2 is 1.80 bits per heavy atom. The molecule has 1 fully saturated rings. The normalized spacial score (nSPS) is 16.7. The SMILES string of the molecule is COc1ccc(S(=O)(=O)N2CC[NH+](Cc3cccc(F)c3)CC2)cc1. The van der Waals surface area contributed by atoms with Gasteiger partial charge in [0.2, 0.25) is 10.0 Å². The van der Waals surface area contributed by atoms with Gasteiger partial charge in [-0.15, -0.1) is 0 Å². The van der Waals surface area contributed by atoms with Crippen LogP contribution in [0, 0.1) is 5.82 Å². The number of hydrogen-bond donors (Lipinski definition) is 1. The first kappa shape index (κ1) is 17.8. The zero-order valence-electron chi connectivity index (χ0n) is 14.1. The highest BCUT2D eigenvalue weighted by Crippen LogP contribution is 2.19. The number of piperazine rings is 1. The van der Waals surface area contributed by atoms with Crippen molar-refractivity contribution in [3.05, 3.63) is 59.9 Å². The lowest BCUT2D eigenvalue weighted by atomic mass is 10.2. The summed E-state index contributed by atoms with van der Waals surface area (Å²) in [7, 11) is -1.94. The van der Waals surface area contributed by atoms with Crippen molar-refractivity contribution in [1.82, 2.24) is 4.31 Å². The number of nitrogens with one attached hydrogen (secondary N) is 1. The maximum atomic E-state index is 13.3. The molecule has 134 valence electrons. The van der Waals surface area contributed by atoms with Crippen molar-refractivity contribution in [2.45, 2.75) is 11.4 Å². The first-order valence-corrected chi connectivity index (χ1v) is 9.65. The Bertz CT molecular complexity index is 816. The van der Waals surface area contributed by atoms with Gasteiger partial charge in [-0.1, -0.05) is 12.1 Å². The number of sulfonamides is 1. The number of nitrogens with zero attached hydrogens (tertiary/aromatic N) is 1. The standard InChI is InChI=1S/C18H21FN2O3S/c1-24-17-5-7-18(8-6-17)25(22,23)21-11-9-20(10-12-21)14-15-3-2-4-16(19)13-15/h2-8,13H,9-12,14H2,1H3/p+1. The van der Waals surface area contributed by atoms with E-state index in [4.69, 9.17) is 4.74 Å². The second-order valence-electron chi connectivity index (χ2n) is 6.14. The van der Waals surface area contributed by atoms with Crippen molar-refractivity contribution in [3.8, 4) is 5.75 Å². The number of methoxy groups -OCH3 is 1. The van der Waals surface area contributed by atoms with E-state index in [0.717, 1.165) is 5.56 Å². The highest BCUT2D eigenvalue weighted by Gasteiger charge is 2.30. The van der Waals surface area contributed by atoms with E-state index in [9.17, 15) is 12.8 Å². The van der Waals surface area contributed by atoms with Crippen LogP contribution in [0.2, 0.25) is 0 Å². The van der Waals surface area contributed by atoms with Gasteiger partial charge in [-0.2, -0.15) is 4.31 Å². The highest BCUT2D eigenvalue weighted by molar-refractivity contribution is 7.89. The Hall–Kier alpha value is -1.96. The third-order valence-corrected chi connectivity index (χ3v) is 6.38. The van der Waals surface area contributed by atoms with Crippen LogP contribution in [-0.4, -0.2) is 46.0 Å². The molecule has 0 radical (unpaired) electrons. The van der Waals surface area contributed by atoms with Crippen LogP contribution >= 0.6 is 0 Å². The predicted octanol–water partition coefficient (Wildman–Crippen LogP) is 0.924. The van der Waals surface area contributed by atoms with Crippen LogP contribution in [0.1, 0.15) is 5.56 Å². The van der Waals surface area contributed by atoms with Crippen molar-refractivity contribution in [1.29, 1.82) is 0 Å². The number of benzene rings is 2. The molecule has 1 N–H and O–H groups in total. The molecule has 5 nitrogen and oxygen atoms in total. The topological polar surface area (TPSA) is 51.1 Å². The summed E-state index contributed by atoms with van der Waals surface area (Å²) in [6, 6.07) is 13.0. The minimum absolute atomic E-state index is 0.238. The van der Waals surface area contributed by atoms with Crippen molar-refractivity contribution < 1.29 is 22.4 Å². The van der Waals surface area contributed by atoms with Gasteiger partial charge in [0.1, 0.15) is 18.1 Å². The molecular weight excluding hydrogens is 343 g/mol. The summed E-state index contributed by atoms with van der Waals surface area (Å²) < 4.78 is 45.3. The summed E-state index contributed by atoms with van der Waals surface area (Å²) in [6.07, 6.45) is 0. The van der Waals surface area contributed by atoms with Gasteiger partial charge in [-0.3, -0.25) is 0 Å². The lowest BCUT2D eigenvalue weighted by molar-refractivity contribution is -0.917. The lowest BCUT2D eigenvalue weighted by Crippen LogP contribution is -3.13. The Labute approximate surface area is 147 Å². The van der Waals surface area contributed by atoms with E-state index in [1.807, 2.05) is 6.07 Å². The molecule has 0 bridgehead atoms. The fourth-order valence-electron chi connectivity index (χ4n) is 3.05. The molecular formula is C18H22FN2O3S+. The number of ether oxygens (including phenoxy) is 1. The molecule has 7 heteroatoms. The number of halogens is 1. The second-order valence-corrected chi connectivity index (χ2v) is 8.07. The average Bonchev–Trinajstić information content (AvgIpc) is 2.62. The summed E-state index contributed by atoms with van der Waals surface area (Å²) in [4.78, 5) is 1.54. The van der Waals surface area contributed by atoms with Gasteiger partial charge < -0.3 is 9.64 Å². The summed E-state index contributed by atoms with van der Waals surface area (Å²) in [6.45, 7) is 3.02. The minimum Gasteiger partial charge on any atom is -0.497 e. The van der Waals surface area contributed by atoms with Crippen LogP contribution < -0.4 is 9.64 Å². The van der Waals surface area contributed by atoms with E-state index < -0.39 is 10.0 Å². The number of hydrogen-bond acceptors (Lipinski definition) is 3. The van der Waals surface area contributed by atoms with Crippen molar-refractivity contribution in [2.24, 2.45) is 0 Å². The minimum atomic E-state index is -3.49. The zero-order chi connectivity index (χ0) is 17.9. The van der Waals surface area contributed by atoms with Gasteiger partial charge in [-0.25, -0.2) is 12.8 Å². The molecule has 0 aromatic heterocycles. The van der Waals surface area contributed by atoms with Crippen molar-refractivity contribution in [3.63, 3.8) is 0 Å². The largest absolute Gasteiger partial charge is 0.497 e. The average molecular weight is 365 g/mol.